The first-order chi connectivity index (χ1) is 13.5. The van der Waals surface area contributed by atoms with Gasteiger partial charge in [-0.25, -0.2) is 8.78 Å². The van der Waals surface area contributed by atoms with E-state index in [1.165, 1.54) is 12.1 Å². The van der Waals surface area contributed by atoms with Crippen LogP contribution in [-0.4, -0.2) is 14.2 Å². The third-order valence-electron chi connectivity index (χ3n) is 4.40. The van der Waals surface area contributed by atoms with Gasteiger partial charge >= 0.3 is 0 Å². The van der Waals surface area contributed by atoms with Crippen molar-refractivity contribution in [2.75, 3.05) is 19.1 Å². The molecule has 0 unspecified atom stereocenters. The lowest BCUT2D eigenvalue weighted by Crippen LogP contribution is -2.22. The minimum absolute atomic E-state index is 0.408. The molecule has 6 heteroatoms. The second kappa shape index (κ2) is 8.93. The number of halogens is 3. The van der Waals surface area contributed by atoms with Gasteiger partial charge < -0.3 is 14.4 Å². The summed E-state index contributed by atoms with van der Waals surface area (Å²) < 4.78 is 38.5. The Morgan fingerprint density at radius 3 is 1.50 bits per heavy atom. The van der Waals surface area contributed by atoms with E-state index in [1.54, 1.807) is 14.2 Å². The zero-order chi connectivity index (χ0) is 20.1. The highest BCUT2D eigenvalue weighted by molar-refractivity contribution is 6.30. The van der Waals surface area contributed by atoms with E-state index in [4.69, 9.17) is 21.1 Å². The zero-order valence-corrected chi connectivity index (χ0v) is 16.3. The highest BCUT2D eigenvalue weighted by Crippen LogP contribution is 2.28. The standard InChI is InChI=1S/C22H20ClF2NO2/c1-27-18-7-3-15(4-8-18)13-26(14-16-5-9-19(28-2)10-6-16)17-11-20(24)22(23)21(25)12-17/h3-12H,13-14H2,1-2H3. The molecule has 28 heavy (non-hydrogen) atoms. The van der Waals surface area contributed by atoms with Crippen molar-refractivity contribution in [3.63, 3.8) is 0 Å². The Labute approximate surface area is 168 Å². The molecule has 0 aromatic heterocycles. The van der Waals surface area contributed by atoms with Crippen LogP contribution < -0.4 is 14.4 Å². The highest BCUT2D eigenvalue weighted by atomic mass is 35.5. The number of hydrogen-bond donors (Lipinski definition) is 0. The molecule has 146 valence electrons. The number of anilines is 1. The number of ether oxygens (including phenoxy) is 2. The van der Waals surface area contributed by atoms with Crippen molar-refractivity contribution in [2.45, 2.75) is 13.1 Å². The Hall–Kier alpha value is -2.79. The van der Waals surface area contributed by atoms with Crippen LogP contribution >= 0.6 is 11.6 Å². The average molecular weight is 404 g/mol. The second-order valence-electron chi connectivity index (χ2n) is 6.28. The fourth-order valence-corrected chi connectivity index (χ4v) is 2.97. The van der Waals surface area contributed by atoms with Crippen LogP contribution in [0.15, 0.2) is 60.7 Å². The van der Waals surface area contributed by atoms with Crippen LogP contribution in [0.2, 0.25) is 5.02 Å². The molecule has 3 rings (SSSR count). The van der Waals surface area contributed by atoms with Crippen LogP contribution in [0.1, 0.15) is 11.1 Å². The van der Waals surface area contributed by atoms with Crippen molar-refractivity contribution in [1.82, 2.24) is 0 Å². The zero-order valence-electron chi connectivity index (χ0n) is 15.6. The first-order valence-electron chi connectivity index (χ1n) is 8.65. The van der Waals surface area contributed by atoms with E-state index in [0.717, 1.165) is 22.6 Å². The van der Waals surface area contributed by atoms with Gasteiger partial charge in [-0.2, -0.15) is 0 Å². The molecule has 0 aliphatic heterocycles. The fraction of sp³-hybridized carbons (Fsp3) is 0.182. The first kappa shape index (κ1) is 20.0. The van der Waals surface area contributed by atoms with Gasteiger partial charge in [-0.05, 0) is 47.5 Å². The van der Waals surface area contributed by atoms with E-state index in [2.05, 4.69) is 0 Å². The molecule has 0 bridgehead atoms. The summed E-state index contributed by atoms with van der Waals surface area (Å²) in [6.45, 7) is 0.910. The Kier molecular flexibility index (Phi) is 6.37. The largest absolute Gasteiger partial charge is 0.497 e. The highest BCUT2D eigenvalue weighted by Gasteiger charge is 2.15. The Balaban J connectivity index is 1.92. The summed E-state index contributed by atoms with van der Waals surface area (Å²) in [7, 11) is 3.20. The van der Waals surface area contributed by atoms with Crippen LogP contribution in [0.25, 0.3) is 0 Å². The van der Waals surface area contributed by atoms with Crippen LogP contribution in [0.5, 0.6) is 11.5 Å². The number of methoxy groups -OCH3 is 2. The smallest absolute Gasteiger partial charge is 0.146 e. The average Bonchev–Trinajstić information content (AvgIpc) is 2.72. The molecular formula is C22H20ClF2NO2. The number of hydrogen-bond acceptors (Lipinski definition) is 3. The summed E-state index contributed by atoms with van der Waals surface area (Å²) in [4.78, 5) is 1.88. The van der Waals surface area contributed by atoms with Crippen LogP contribution in [-0.2, 0) is 13.1 Å². The van der Waals surface area contributed by atoms with Crippen molar-refractivity contribution in [2.24, 2.45) is 0 Å². The topological polar surface area (TPSA) is 21.7 Å². The molecule has 0 amide bonds. The molecular weight excluding hydrogens is 384 g/mol. The molecule has 0 radical (unpaired) electrons. The third kappa shape index (κ3) is 4.73. The van der Waals surface area contributed by atoms with Gasteiger partial charge in [0.2, 0.25) is 0 Å². The molecule has 0 aliphatic carbocycles. The Morgan fingerprint density at radius 1 is 0.750 bits per heavy atom. The summed E-state index contributed by atoms with van der Waals surface area (Å²) in [5.74, 6) is -0.0830. The normalized spacial score (nSPS) is 10.6. The Bertz CT molecular complexity index is 858. The summed E-state index contributed by atoms with van der Waals surface area (Å²) in [6.07, 6.45) is 0. The molecule has 0 fully saturated rings. The van der Waals surface area contributed by atoms with Gasteiger partial charge in [0.25, 0.3) is 0 Å². The first-order valence-corrected chi connectivity index (χ1v) is 9.03. The number of nitrogens with zero attached hydrogens (tertiary/aromatic N) is 1. The second-order valence-corrected chi connectivity index (χ2v) is 6.65. The lowest BCUT2D eigenvalue weighted by atomic mass is 10.1. The molecule has 0 aliphatic rings. The molecule has 0 atom stereocenters. The Morgan fingerprint density at radius 2 is 1.14 bits per heavy atom. The van der Waals surface area contributed by atoms with Crippen LogP contribution in [0.4, 0.5) is 14.5 Å². The van der Waals surface area contributed by atoms with Gasteiger partial charge in [0.15, 0.2) is 0 Å². The van der Waals surface area contributed by atoms with E-state index in [9.17, 15) is 8.78 Å². The maximum absolute atomic E-state index is 14.0. The molecule has 3 aromatic carbocycles. The maximum Gasteiger partial charge on any atom is 0.146 e. The summed E-state index contributed by atoms with van der Waals surface area (Å²) >= 11 is 5.65. The number of rotatable bonds is 7. The van der Waals surface area contributed by atoms with Crippen LogP contribution in [0.3, 0.4) is 0 Å². The summed E-state index contributed by atoms with van der Waals surface area (Å²) in [5.41, 5.74) is 2.36. The minimum Gasteiger partial charge on any atom is -0.497 e. The molecule has 3 nitrogen and oxygen atoms in total. The SMILES string of the molecule is COc1ccc(CN(Cc2ccc(OC)cc2)c2cc(F)c(Cl)c(F)c2)cc1. The lowest BCUT2D eigenvalue weighted by Gasteiger charge is -2.26. The number of benzene rings is 3. The summed E-state index contributed by atoms with van der Waals surface area (Å²) in [6, 6.07) is 17.6. The van der Waals surface area contributed by atoms with E-state index < -0.39 is 16.7 Å². The van der Waals surface area contributed by atoms with E-state index in [1.807, 2.05) is 53.4 Å². The lowest BCUT2D eigenvalue weighted by molar-refractivity contribution is 0.414. The molecule has 0 heterocycles. The molecule has 0 spiro atoms. The van der Waals surface area contributed by atoms with Crippen molar-refractivity contribution in [3.8, 4) is 11.5 Å². The van der Waals surface area contributed by atoms with E-state index in [-0.39, 0.29) is 0 Å². The van der Waals surface area contributed by atoms with E-state index >= 15 is 0 Å². The molecule has 3 aromatic rings. The monoisotopic (exact) mass is 403 g/mol. The van der Waals surface area contributed by atoms with Gasteiger partial charge in [0, 0.05) is 18.8 Å². The molecule has 0 saturated heterocycles. The quantitative estimate of drug-likeness (QED) is 0.462. The van der Waals surface area contributed by atoms with Crippen molar-refractivity contribution < 1.29 is 18.3 Å². The predicted octanol–water partition coefficient (Wildman–Crippen LogP) is 5.84. The van der Waals surface area contributed by atoms with Crippen molar-refractivity contribution >= 4 is 17.3 Å². The van der Waals surface area contributed by atoms with Crippen molar-refractivity contribution in [1.29, 1.82) is 0 Å². The van der Waals surface area contributed by atoms with Gasteiger partial charge in [0.1, 0.15) is 28.2 Å². The van der Waals surface area contributed by atoms with Crippen LogP contribution in [0, 0.1) is 11.6 Å². The van der Waals surface area contributed by atoms with Crippen molar-refractivity contribution in [3.05, 3.63) is 88.4 Å². The van der Waals surface area contributed by atoms with Gasteiger partial charge in [-0.1, -0.05) is 35.9 Å². The molecule has 0 N–H and O–H groups in total. The molecule has 0 saturated carbocycles. The van der Waals surface area contributed by atoms with Gasteiger partial charge in [0.05, 0.1) is 14.2 Å². The summed E-state index contributed by atoms with van der Waals surface area (Å²) in [5, 5.41) is -0.502. The fourth-order valence-electron chi connectivity index (χ4n) is 2.87. The van der Waals surface area contributed by atoms with E-state index in [0.29, 0.717) is 18.8 Å². The predicted molar refractivity (Wildman–Crippen MR) is 107 cm³/mol. The van der Waals surface area contributed by atoms with Gasteiger partial charge in [-0.3, -0.25) is 0 Å². The maximum atomic E-state index is 14.0. The van der Waals surface area contributed by atoms with Gasteiger partial charge in [-0.15, -0.1) is 0 Å². The minimum atomic E-state index is -0.786. The third-order valence-corrected chi connectivity index (χ3v) is 4.76.